The Hall–Kier alpha value is -2.46. The minimum atomic E-state index is -0.326. The van der Waals surface area contributed by atoms with Crippen molar-refractivity contribution in [1.82, 2.24) is 14.5 Å². The summed E-state index contributed by atoms with van der Waals surface area (Å²) >= 11 is 1.43. The Labute approximate surface area is 195 Å². The second-order valence-corrected chi connectivity index (χ2v) is 9.07. The first-order chi connectivity index (χ1) is 16.2. The molecule has 1 saturated heterocycles. The maximum atomic E-state index is 14.2. The molecule has 0 unspecified atom stereocenters. The van der Waals surface area contributed by atoms with Gasteiger partial charge >= 0.3 is 0 Å². The molecule has 0 amide bonds. The lowest BCUT2D eigenvalue weighted by atomic mass is 10.1. The number of rotatable bonds is 7. The minimum Gasteiger partial charge on any atom is -0.467 e. The van der Waals surface area contributed by atoms with Crippen molar-refractivity contribution in [2.75, 3.05) is 39.6 Å². The fourth-order valence-electron chi connectivity index (χ4n) is 4.24. The lowest BCUT2D eigenvalue weighted by Crippen LogP contribution is -2.37. The summed E-state index contributed by atoms with van der Waals surface area (Å²) in [5.41, 5.74) is 2.06. The summed E-state index contributed by atoms with van der Waals surface area (Å²) < 4.78 is 32.3. The predicted molar refractivity (Wildman–Crippen MR) is 124 cm³/mol. The van der Waals surface area contributed by atoms with E-state index in [-0.39, 0.29) is 18.2 Å². The van der Waals surface area contributed by atoms with Gasteiger partial charge in [-0.25, -0.2) is 9.37 Å². The topological polar surface area (TPSA) is 65.8 Å². The Bertz CT molecular complexity index is 1200. The van der Waals surface area contributed by atoms with Gasteiger partial charge in [0.1, 0.15) is 11.6 Å². The quantitative estimate of drug-likeness (QED) is 0.386. The van der Waals surface area contributed by atoms with E-state index in [0.29, 0.717) is 46.3 Å². The minimum absolute atomic E-state index is 0.0454. The Kier molecular flexibility index (Phi) is 6.91. The van der Waals surface area contributed by atoms with Crippen LogP contribution in [0.3, 0.4) is 0 Å². The highest BCUT2D eigenvalue weighted by Gasteiger charge is 2.19. The molecule has 3 heterocycles. The molecule has 0 aliphatic carbocycles. The number of fused-ring (bicyclic) bond motifs is 2. The molecule has 0 bridgehead atoms. The summed E-state index contributed by atoms with van der Waals surface area (Å²) in [5, 5.41) is 1.24. The molecule has 174 valence electrons. The van der Waals surface area contributed by atoms with Gasteiger partial charge in [0.25, 0.3) is 5.56 Å². The van der Waals surface area contributed by atoms with Crippen molar-refractivity contribution < 1.29 is 18.6 Å². The fraction of sp³-hybridized carbons (Fsp3) is 0.417. The molecule has 0 spiro atoms. The zero-order valence-corrected chi connectivity index (χ0v) is 19.1. The summed E-state index contributed by atoms with van der Waals surface area (Å²) in [6, 6.07) is 10.3. The van der Waals surface area contributed by atoms with Crippen LogP contribution in [-0.4, -0.2) is 54.1 Å². The van der Waals surface area contributed by atoms with E-state index in [1.807, 2.05) is 24.3 Å². The summed E-state index contributed by atoms with van der Waals surface area (Å²) in [6.07, 6.45) is 0.837. The van der Waals surface area contributed by atoms with Crippen molar-refractivity contribution in [2.45, 2.75) is 30.5 Å². The van der Waals surface area contributed by atoms with Crippen LogP contribution in [0.25, 0.3) is 10.9 Å². The molecule has 2 aliphatic rings. The lowest BCUT2D eigenvalue weighted by molar-refractivity contribution is -0.0171. The third-order valence-electron chi connectivity index (χ3n) is 5.89. The van der Waals surface area contributed by atoms with Crippen molar-refractivity contribution in [2.24, 2.45) is 0 Å². The van der Waals surface area contributed by atoms with E-state index in [2.05, 4.69) is 4.90 Å². The molecule has 7 nitrogen and oxygen atoms in total. The van der Waals surface area contributed by atoms with Gasteiger partial charge in [-0.05, 0) is 30.7 Å². The van der Waals surface area contributed by atoms with Crippen LogP contribution in [-0.2, 0) is 28.4 Å². The molecule has 9 heteroatoms. The molecule has 3 aromatic rings. The molecule has 1 aromatic heterocycles. The number of aromatic nitrogens is 2. The van der Waals surface area contributed by atoms with Crippen LogP contribution in [0.1, 0.15) is 17.5 Å². The number of hydrogen-bond acceptors (Lipinski definition) is 7. The molecule has 2 aliphatic heterocycles. The molecule has 5 rings (SSSR count). The van der Waals surface area contributed by atoms with Crippen LogP contribution >= 0.6 is 11.8 Å². The largest absolute Gasteiger partial charge is 0.467 e. The number of morpholine rings is 1. The van der Waals surface area contributed by atoms with E-state index in [1.165, 1.54) is 23.9 Å². The van der Waals surface area contributed by atoms with Gasteiger partial charge in [0, 0.05) is 43.1 Å². The summed E-state index contributed by atoms with van der Waals surface area (Å²) in [4.78, 5) is 20.4. The summed E-state index contributed by atoms with van der Waals surface area (Å²) in [5.74, 6) is 0.777. The van der Waals surface area contributed by atoms with Gasteiger partial charge in [0.2, 0.25) is 0 Å². The SMILES string of the molecule is O=c1c2ccccc2nc(SCc2cc(F)cc3c2OCOC3)n1CCCN1CCOCC1. The number of ether oxygens (including phenoxy) is 3. The number of thioether (sulfide) groups is 1. The van der Waals surface area contributed by atoms with E-state index < -0.39 is 0 Å². The second kappa shape index (κ2) is 10.2. The molecular weight excluding hydrogens is 445 g/mol. The first-order valence-corrected chi connectivity index (χ1v) is 12.1. The van der Waals surface area contributed by atoms with Crippen molar-refractivity contribution >= 4 is 22.7 Å². The second-order valence-electron chi connectivity index (χ2n) is 8.13. The van der Waals surface area contributed by atoms with Crippen LogP contribution in [0.4, 0.5) is 4.39 Å². The average Bonchev–Trinajstić information content (AvgIpc) is 2.84. The van der Waals surface area contributed by atoms with Gasteiger partial charge < -0.3 is 14.2 Å². The van der Waals surface area contributed by atoms with Crippen LogP contribution in [0, 0.1) is 5.82 Å². The third kappa shape index (κ3) is 5.06. The Morgan fingerprint density at radius 3 is 2.82 bits per heavy atom. The van der Waals surface area contributed by atoms with Crippen molar-refractivity contribution in [1.29, 1.82) is 0 Å². The molecule has 2 aromatic carbocycles. The molecule has 0 radical (unpaired) electrons. The van der Waals surface area contributed by atoms with E-state index in [4.69, 9.17) is 19.2 Å². The van der Waals surface area contributed by atoms with Crippen LogP contribution in [0.5, 0.6) is 5.75 Å². The monoisotopic (exact) mass is 471 g/mol. The maximum absolute atomic E-state index is 14.2. The van der Waals surface area contributed by atoms with Crippen molar-refractivity contribution in [3.05, 3.63) is 63.7 Å². The van der Waals surface area contributed by atoms with Crippen LogP contribution in [0.2, 0.25) is 0 Å². The highest BCUT2D eigenvalue weighted by molar-refractivity contribution is 7.98. The standard InChI is InChI=1S/C24H26FN3O4S/c25-19-12-17-14-31-16-32-22(17)18(13-19)15-33-24-26-21-5-2-1-4-20(21)23(29)28(24)7-3-6-27-8-10-30-11-9-27/h1-2,4-5,12-13H,3,6-11,14-16H2. The van der Waals surface area contributed by atoms with Gasteiger partial charge in [-0.15, -0.1) is 0 Å². The Balaban J connectivity index is 1.40. The van der Waals surface area contributed by atoms with Gasteiger partial charge in [0.15, 0.2) is 11.9 Å². The van der Waals surface area contributed by atoms with E-state index >= 15 is 0 Å². The highest BCUT2D eigenvalue weighted by atomic mass is 32.2. The predicted octanol–water partition coefficient (Wildman–Crippen LogP) is 3.42. The molecule has 1 fully saturated rings. The zero-order valence-electron chi connectivity index (χ0n) is 18.3. The Morgan fingerprint density at radius 2 is 1.94 bits per heavy atom. The van der Waals surface area contributed by atoms with Crippen molar-refractivity contribution in [3.63, 3.8) is 0 Å². The van der Waals surface area contributed by atoms with Crippen LogP contribution in [0.15, 0.2) is 46.3 Å². The number of nitrogens with zero attached hydrogens (tertiary/aromatic N) is 3. The molecule has 0 N–H and O–H groups in total. The van der Waals surface area contributed by atoms with Gasteiger partial charge in [0.05, 0.1) is 30.7 Å². The van der Waals surface area contributed by atoms with E-state index in [9.17, 15) is 9.18 Å². The average molecular weight is 472 g/mol. The first-order valence-electron chi connectivity index (χ1n) is 11.1. The maximum Gasteiger partial charge on any atom is 0.262 e. The van der Waals surface area contributed by atoms with E-state index in [1.54, 1.807) is 4.57 Å². The molecule has 33 heavy (non-hydrogen) atoms. The zero-order chi connectivity index (χ0) is 22.6. The lowest BCUT2D eigenvalue weighted by Gasteiger charge is -2.26. The number of halogens is 1. The van der Waals surface area contributed by atoms with E-state index in [0.717, 1.165) is 44.8 Å². The number of benzene rings is 2. The normalized spacial score (nSPS) is 16.5. The smallest absolute Gasteiger partial charge is 0.262 e. The summed E-state index contributed by atoms with van der Waals surface area (Å²) in [7, 11) is 0. The van der Waals surface area contributed by atoms with Gasteiger partial charge in [-0.2, -0.15) is 0 Å². The van der Waals surface area contributed by atoms with Crippen LogP contribution < -0.4 is 10.3 Å². The van der Waals surface area contributed by atoms with Gasteiger partial charge in [-0.1, -0.05) is 23.9 Å². The number of hydrogen-bond donors (Lipinski definition) is 0. The number of para-hydroxylation sites is 1. The van der Waals surface area contributed by atoms with Crippen molar-refractivity contribution in [3.8, 4) is 5.75 Å². The molecule has 0 atom stereocenters. The summed E-state index contributed by atoms with van der Waals surface area (Å²) in [6.45, 7) is 5.29. The fourth-order valence-corrected chi connectivity index (χ4v) is 5.23. The highest BCUT2D eigenvalue weighted by Crippen LogP contribution is 2.33. The third-order valence-corrected chi connectivity index (χ3v) is 6.92. The molecular formula is C24H26FN3O4S. The van der Waals surface area contributed by atoms with Gasteiger partial charge in [-0.3, -0.25) is 14.3 Å². The Morgan fingerprint density at radius 1 is 1.09 bits per heavy atom. The molecule has 0 saturated carbocycles. The first kappa shape index (κ1) is 22.3.